The summed E-state index contributed by atoms with van der Waals surface area (Å²) >= 11 is 1.39. The zero-order chi connectivity index (χ0) is 13.1. The second kappa shape index (κ2) is 5.50. The van der Waals surface area contributed by atoms with Gasteiger partial charge in [-0.1, -0.05) is 11.8 Å². The first-order valence-corrected chi connectivity index (χ1v) is 6.32. The Balaban J connectivity index is 2.61. The zero-order valence-electron chi connectivity index (χ0n) is 10.6. The van der Waals surface area contributed by atoms with E-state index in [1.54, 1.807) is 13.8 Å². The van der Waals surface area contributed by atoms with Gasteiger partial charge in [-0.25, -0.2) is 0 Å². The standard InChI is InChI=1S/C10H18N4O2S/c1-5-16-8(15)10(3,11)6-17-9-13-12-7(2)14(9)4/h5-6,11H2,1-4H3. The molecule has 0 aliphatic rings. The summed E-state index contributed by atoms with van der Waals surface area (Å²) in [6.45, 7) is 5.61. The topological polar surface area (TPSA) is 83.0 Å². The number of aryl methyl sites for hydroxylation is 1. The maximum atomic E-state index is 11.6. The monoisotopic (exact) mass is 258 g/mol. The Morgan fingerprint density at radius 1 is 1.59 bits per heavy atom. The van der Waals surface area contributed by atoms with Gasteiger partial charge in [0, 0.05) is 12.8 Å². The number of hydrogen-bond donors (Lipinski definition) is 1. The number of nitrogens with two attached hydrogens (primary N) is 1. The number of thioether (sulfide) groups is 1. The molecule has 0 saturated carbocycles. The van der Waals surface area contributed by atoms with Crippen LogP contribution >= 0.6 is 11.8 Å². The van der Waals surface area contributed by atoms with E-state index in [4.69, 9.17) is 10.5 Å². The molecule has 1 rings (SSSR count). The van der Waals surface area contributed by atoms with Crippen molar-refractivity contribution in [3.8, 4) is 0 Å². The Bertz CT molecular complexity index is 403. The van der Waals surface area contributed by atoms with Crippen LogP contribution in [-0.2, 0) is 16.6 Å². The predicted octanol–water partition coefficient (Wildman–Crippen LogP) is 0.496. The van der Waals surface area contributed by atoms with Crippen LogP contribution in [0.3, 0.4) is 0 Å². The SMILES string of the molecule is CCOC(=O)C(C)(N)CSc1nnc(C)n1C. The minimum Gasteiger partial charge on any atom is -0.465 e. The molecule has 96 valence electrons. The second-order valence-electron chi connectivity index (χ2n) is 4.02. The van der Waals surface area contributed by atoms with Gasteiger partial charge in [0.25, 0.3) is 0 Å². The Morgan fingerprint density at radius 2 is 2.24 bits per heavy atom. The number of carbonyl (C=O) groups is 1. The molecule has 1 atom stereocenters. The van der Waals surface area contributed by atoms with Crippen LogP contribution in [0.4, 0.5) is 0 Å². The van der Waals surface area contributed by atoms with Crippen molar-refractivity contribution in [2.75, 3.05) is 12.4 Å². The maximum Gasteiger partial charge on any atom is 0.326 e. The van der Waals surface area contributed by atoms with Gasteiger partial charge in [-0.3, -0.25) is 4.79 Å². The van der Waals surface area contributed by atoms with E-state index in [1.165, 1.54) is 11.8 Å². The molecule has 0 fully saturated rings. The van der Waals surface area contributed by atoms with Gasteiger partial charge in [0.05, 0.1) is 6.61 Å². The molecule has 6 nitrogen and oxygen atoms in total. The fourth-order valence-corrected chi connectivity index (χ4v) is 2.05. The van der Waals surface area contributed by atoms with Gasteiger partial charge in [0.1, 0.15) is 11.4 Å². The van der Waals surface area contributed by atoms with E-state index in [9.17, 15) is 4.79 Å². The first-order valence-electron chi connectivity index (χ1n) is 5.33. The van der Waals surface area contributed by atoms with E-state index >= 15 is 0 Å². The summed E-state index contributed by atoms with van der Waals surface area (Å²) in [6, 6.07) is 0. The summed E-state index contributed by atoms with van der Waals surface area (Å²) in [7, 11) is 1.87. The second-order valence-corrected chi connectivity index (χ2v) is 4.96. The van der Waals surface area contributed by atoms with Gasteiger partial charge in [-0.05, 0) is 20.8 Å². The van der Waals surface area contributed by atoms with Crippen LogP contribution in [0.15, 0.2) is 5.16 Å². The van der Waals surface area contributed by atoms with Crippen LogP contribution in [-0.4, -0.2) is 38.6 Å². The Hall–Kier alpha value is -1.08. The lowest BCUT2D eigenvalue weighted by molar-refractivity contribution is -0.148. The fourth-order valence-electron chi connectivity index (χ4n) is 1.08. The van der Waals surface area contributed by atoms with Crippen molar-refractivity contribution in [1.29, 1.82) is 0 Å². The number of hydrogen-bond acceptors (Lipinski definition) is 6. The van der Waals surface area contributed by atoms with Crippen molar-refractivity contribution in [1.82, 2.24) is 14.8 Å². The quantitative estimate of drug-likeness (QED) is 0.611. The van der Waals surface area contributed by atoms with E-state index < -0.39 is 11.5 Å². The van der Waals surface area contributed by atoms with E-state index in [2.05, 4.69) is 10.2 Å². The molecule has 0 amide bonds. The van der Waals surface area contributed by atoms with Crippen molar-refractivity contribution in [3.05, 3.63) is 5.82 Å². The zero-order valence-corrected chi connectivity index (χ0v) is 11.4. The van der Waals surface area contributed by atoms with Crippen molar-refractivity contribution in [2.24, 2.45) is 12.8 Å². The number of rotatable bonds is 5. The first kappa shape index (κ1) is 14.0. The van der Waals surface area contributed by atoms with Gasteiger partial charge < -0.3 is 15.0 Å². The van der Waals surface area contributed by atoms with Gasteiger partial charge in [-0.2, -0.15) is 0 Å². The molecule has 0 spiro atoms. The Labute approximate surface area is 105 Å². The average molecular weight is 258 g/mol. The van der Waals surface area contributed by atoms with Gasteiger partial charge in [0.2, 0.25) is 0 Å². The maximum absolute atomic E-state index is 11.6. The lowest BCUT2D eigenvalue weighted by Gasteiger charge is -2.21. The highest BCUT2D eigenvalue weighted by atomic mass is 32.2. The molecule has 1 heterocycles. The third kappa shape index (κ3) is 3.44. The van der Waals surface area contributed by atoms with Crippen LogP contribution in [0.5, 0.6) is 0 Å². The van der Waals surface area contributed by atoms with Crippen molar-refractivity contribution in [2.45, 2.75) is 31.5 Å². The molecule has 1 aromatic rings. The summed E-state index contributed by atoms with van der Waals surface area (Å²) in [5.41, 5.74) is 4.88. The Kier molecular flexibility index (Phi) is 4.53. The lowest BCUT2D eigenvalue weighted by Crippen LogP contribution is -2.48. The van der Waals surface area contributed by atoms with Crippen molar-refractivity contribution < 1.29 is 9.53 Å². The summed E-state index contributed by atoms with van der Waals surface area (Å²) in [5.74, 6) is 0.825. The molecule has 0 saturated heterocycles. The van der Waals surface area contributed by atoms with Crippen molar-refractivity contribution >= 4 is 17.7 Å². The van der Waals surface area contributed by atoms with Gasteiger partial charge in [-0.15, -0.1) is 10.2 Å². The number of esters is 1. The highest BCUT2D eigenvalue weighted by molar-refractivity contribution is 7.99. The van der Waals surface area contributed by atoms with Crippen LogP contribution < -0.4 is 5.73 Å². The lowest BCUT2D eigenvalue weighted by atomic mass is 10.1. The Morgan fingerprint density at radius 3 is 2.71 bits per heavy atom. The first-order chi connectivity index (χ1) is 7.88. The third-order valence-corrected chi connectivity index (χ3v) is 3.65. The molecule has 0 aliphatic carbocycles. The highest BCUT2D eigenvalue weighted by Crippen LogP contribution is 2.20. The summed E-state index contributed by atoms with van der Waals surface area (Å²) in [6.07, 6.45) is 0. The number of ether oxygens (including phenoxy) is 1. The fraction of sp³-hybridized carbons (Fsp3) is 0.700. The molecule has 2 N–H and O–H groups in total. The van der Waals surface area contributed by atoms with E-state index in [0.29, 0.717) is 12.4 Å². The van der Waals surface area contributed by atoms with Crippen LogP contribution in [0.1, 0.15) is 19.7 Å². The minimum atomic E-state index is -1.01. The molecule has 1 unspecified atom stereocenters. The number of nitrogens with zero attached hydrogens (tertiary/aromatic N) is 3. The summed E-state index contributed by atoms with van der Waals surface area (Å²) in [4.78, 5) is 11.6. The molecule has 0 aromatic carbocycles. The van der Waals surface area contributed by atoms with Crippen molar-refractivity contribution in [3.63, 3.8) is 0 Å². The van der Waals surface area contributed by atoms with Crippen LogP contribution in [0, 0.1) is 6.92 Å². The smallest absolute Gasteiger partial charge is 0.326 e. The van der Waals surface area contributed by atoms with Crippen LogP contribution in [0.2, 0.25) is 0 Å². The number of carbonyl (C=O) groups excluding carboxylic acids is 1. The molecular weight excluding hydrogens is 240 g/mol. The van der Waals surface area contributed by atoms with Gasteiger partial charge in [0.15, 0.2) is 5.16 Å². The van der Waals surface area contributed by atoms with E-state index in [0.717, 1.165) is 11.0 Å². The van der Waals surface area contributed by atoms with Gasteiger partial charge >= 0.3 is 5.97 Å². The molecule has 0 bridgehead atoms. The molecule has 0 aliphatic heterocycles. The molecule has 0 radical (unpaired) electrons. The normalized spacial score (nSPS) is 14.4. The summed E-state index contributed by atoms with van der Waals surface area (Å²) < 4.78 is 6.76. The van der Waals surface area contributed by atoms with E-state index in [1.807, 2.05) is 18.5 Å². The third-order valence-electron chi connectivity index (χ3n) is 2.30. The average Bonchev–Trinajstić information content (AvgIpc) is 2.58. The predicted molar refractivity (Wildman–Crippen MR) is 65.7 cm³/mol. The summed E-state index contributed by atoms with van der Waals surface area (Å²) in [5, 5.41) is 8.66. The highest BCUT2D eigenvalue weighted by Gasteiger charge is 2.30. The number of aromatic nitrogens is 3. The molecule has 17 heavy (non-hydrogen) atoms. The molecule has 7 heteroatoms. The largest absolute Gasteiger partial charge is 0.465 e. The minimum absolute atomic E-state index is 0.333. The molecule has 1 aromatic heterocycles. The van der Waals surface area contributed by atoms with E-state index in [-0.39, 0.29) is 0 Å². The van der Waals surface area contributed by atoms with Crippen LogP contribution in [0.25, 0.3) is 0 Å². The molecular formula is C10H18N4O2S.